The molecule has 2 heteroatoms. The van der Waals surface area contributed by atoms with Gasteiger partial charge in [-0.1, -0.05) is 27.2 Å². The lowest BCUT2D eigenvalue weighted by atomic mass is 9.92. The molecule has 1 fully saturated rings. The molecule has 13 heavy (non-hydrogen) atoms. The highest BCUT2D eigenvalue weighted by molar-refractivity contribution is 4.69. The number of ether oxygens (including phenoxy) is 2. The molecule has 0 bridgehead atoms. The van der Waals surface area contributed by atoms with Gasteiger partial charge in [-0.25, -0.2) is 0 Å². The molecule has 0 aliphatic carbocycles. The standard InChI is InChI=1S/C9H18O2.C2H6/c1-3-8-4-9(5-10-2)7-11-6-8;1-2/h8-9H,3-7H2,1-2H3;1-2H3. The van der Waals surface area contributed by atoms with Gasteiger partial charge in [0.25, 0.3) is 0 Å². The third kappa shape index (κ3) is 5.27. The lowest BCUT2D eigenvalue weighted by Crippen LogP contribution is -2.27. The Hall–Kier alpha value is -0.0800. The Kier molecular flexibility index (Phi) is 8.46. The molecule has 80 valence electrons. The average molecular weight is 188 g/mol. The monoisotopic (exact) mass is 188 g/mol. The smallest absolute Gasteiger partial charge is 0.0516 e. The van der Waals surface area contributed by atoms with Crippen LogP contribution in [-0.2, 0) is 9.47 Å². The van der Waals surface area contributed by atoms with Crippen molar-refractivity contribution >= 4 is 0 Å². The van der Waals surface area contributed by atoms with E-state index in [9.17, 15) is 0 Å². The number of methoxy groups -OCH3 is 1. The van der Waals surface area contributed by atoms with Gasteiger partial charge >= 0.3 is 0 Å². The molecule has 0 amide bonds. The highest BCUT2D eigenvalue weighted by Crippen LogP contribution is 2.21. The van der Waals surface area contributed by atoms with Crippen molar-refractivity contribution < 1.29 is 9.47 Å². The minimum Gasteiger partial charge on any atom is -0.384 e. The minimum atomic E-state index is 0.638. The fourth-order valence-corrected chi connectivity index (χ4v) is 1.65. The van der Waals surface area contributed by atoms with Gasteiger partial charge in [-0.15, -0.1) is 0 Å². The van der Waals surface area contributed by atoms with Gasteiger partial charge in [0.2, 0.25) is 0 Å². The van der Waals surface area contributed by atoms with Gasteiger partial charge < -0.3 is 9.47 Å². The molecule has 0 saturated carbocycles. The Bertz CT molecular complexity index is 102. The first-order chi connectivity index (χ1) is 6.36. The first-order valence-electron chi connectivity index (χ1n) is 5.43. The lowest BCUT2D eigenvalue weighted by molar-refractivity contribution is -0.0136. The Morgan fingerprint density at radius 3 is 2.38 bits per heavy atom. The van der Waals surface area contributed by atoms with Crippen LogP contribution in [0.5, 0.6) is 0 Å². The summed E-state index contributed by atoms with van der Waals surface area (Å²) in [6.45, 7) is 8.93. The summed E-state index contributed by atoms with van der Waals surface area (Å²) in [6.07, 6.45) is 2.52. The maximum Gasteiger partial charge on any atom is 0.0516 e. The van der Waals surface area contributed by atoms with Crippen molar-refractivity contribution in [2.45, 2.75) is 33.6 Å². The van der Waals surface area contributed by atoms with Crippen LogP contribution in [0.15, 0.2) is 0 Å². The maximum absolute atomic E-state index is 5.46. The zero-order valence-electron chi connectivity index (χ0n) is 9.51. The Labute approximate surface area is 82.6 Å². The fraction of sp³-hybridized carbons (Fsp3) is 1.00. The summed E-state index contributed by atoms with van der Waals surface area (Å²) in [5.41, 5.74) is 0. The van der Waals surface area contributed by atoms with Crippen LogP contribution < -0.4 is 0 Å². The topological polar surface area (TPSA) is 18.5 Å². The molecule has 0 radical (unpaired) electrons. The average Bonchev–Trinajstić information content (AvgIpc) is 2.22. The van der Waals surface area contributed by atoms with Gasteiger partial charge in [0.15, 0.2) is 0 Å². The van der Waals surface area contributed by atoms with Gasteiger partial charge in [-0.05, 0) is 12.3 Å². The number of hydrogen-bond donors (Lipinski definition) is 0. The van der Waals surface area contributed by atoms with Crippen LogP contribution in [0.25, 0.3) is 0 Å². The predicted octanol–water partition coefficient (Wildman–Crippen LogP) is 2.72. The van der Waals surface area contributed by atoms with Crippen LogP contribution in [-0.4, -0.2) is 26.9 Å². The first-order valence-corrected chi connectivity index (χ1v) is 5.43. The van der Waals surface area contributed by atoms with Crippen LogP contribution in [0.1, 0.15) is 33.6 Å². The van der Waals surface area contributed by atoms with E-state index < -0.39 is 0 Å². The highest BCUT2D eigenvalue weighted by Gasteiger charge is 2.20. The lowest BCUT2D eigenvalue weighted by Gasteiger charge is -2.27. The molecule has 2 nitrogen and oxygen atoms in total. The Morgan fingerprint density at radius 2 is 1.85 bits per heavy atom. The molecule has 2 atom stereocenters. The SMILES string of the molecule is CC.CCC1COCC(COC)C1. The van der Waals surface area contributed by atoms with Crippen molar-refractivity contribution in [2.24, 2.45) is 11.8 Å². The second kappa shape index (κ2) is 8.52. The Balaban J connectivity index is 0.000000671. The number of rotatable bonds is 3. The molecule has 0 spiro atoms. The summed E-state index contributed by atoms with van der Waals surface area (Å²) < 4.78 is 10.6. The third-order valence-corrected chi connectivity index (χ3v) is 2.35. The first kappa shape index (κ1) is 12.9. The predicted molar refractivity (Wildman–Crippen MR) is 55.9 cm³/mol. The summed E-state index contributed by atoms with van der Waals surface area (Å²) in [4.78, 5) is 0. The minimum absolute atomic E-state index is 0.638. The molecular weight excluding hydrogens is 164 g/mol. The van der Waals surface area contributed by atoms with E-state index in [-0.39, 0.29) is 0 Å². The van der Waals surface area contributed by atoms with E-state index in [0.717, 1.165) is 25.7 Å². The van der Waals surface area contributed by atoms with E-state index in [1.807, 2.05) is 13.8 Å². The molecular formula is C11H24O2. The molecule has 0 aromatic carbocycles. The number of hydrogen-bond acceptors (Lipinski definition) is 2. The summed E-state index contributed by atoms with van der Waals surface area (Å²) >= 11 is 0. The fourth-order valence-electron chi connectivity index (χ4n) is 1.65. The highest BCUT2D eigenvalue weighted by atomic mass is 16.5. The van der Waals surface area contributed by atoms with Crippen LogP contribution in [0.2, 0.25) is 0 Å². The molecule has 0 aromatic heterocycles. The molecule has 1 saturated heterocycles. The maximum atomic E-state index is 5.46. The van der Waals surface area contributed by atoms with Gasteiger partial charge in [-0.2, -0.15) is 0 Å². The van der Waals surface area contributed by atoms with Gasteiger partial charge in [0.1, 0.15) is 0 Å². The summed E-state index contributed by atoms with van der Waals surface area (Å²) in [6, 6.07) is 0. The second-order valence-electron chi connectivity index (χ2n) is 3.37. The largest absolute Gasteiger partial charge is 0.384 e. The van der Waals surface area contributed by atoms with E-state index in [1.165, 1.54) is 12.8 Å². The van der Waals surface area contributed by atoms with Gasteiger partial charge in [0, 0.05) is 19.6 Å². The molecule has 1 heterocycles. The zero-order valence-corrected chi connectivity index (χ0v) is 9.51. The van der Waals surface area contributed by atoms with E-state index in [0.29, 0.717) is 5.92 Å². The third-order valence-electron chi connectivity index (χ3n) is 2.35. The van der Waals surface area contributed by atoms with Crippen molar-refractivity contribution in [1.82, 2.24) is 0 Å². The van der Waals surface area contributed by atoms with Crippen molar-refractivity contribution in [3.8, 4) is 0 Å². The molecule has 1 aliphatic heterocycles. The van der Waals surface area contributed by atoms with Crippen LogP contribution in [0, 0.1) is 11.8 Å². The van der Waals surface area contributed by atoms with E-state index in [2.05, 4.69) is 6.92 Å². The zero-order chi connectivity index (χ0) is 10.1. The summed E-state index contributed by atoms with van der Waals surface area (Å²) in [5, 5.41) is 0. The molecule has 0 aromatic rings. The van der Waals surface area contributed by atoms with Crippen molar-refractivity contribution in [3.05, 3.63) is 0 Å². The van der Waals surface area contributed by atoms with Crippen LogP contribution in [0.3, 0.4) is 0 Å². The summed E-state index contributed by atoms with van der Waals surface area (Å²) in [7, 11) is 1.76. The van der Waals surface area contributed by atoms with E-state index >= 15 is 0 Å². The van der Waals surface area contributed by atoms with Gasteiger partial charge in [0.05, 0.1) is 13.2 Å². The Morgan fingerprint density at radius 1 is 1.23 bits per heavy atom. The second-order valence-corrected chi connectivity index (χ2v) is 3.37. The summed E-state index contributed by atoms with van der Waals surface area (Å²) in [5.74, 6) is 1.41. The van der Waals surface area contributed by atoms with Crippen molar-refractivity contribution in [1.29, 1.82) is 0 Å². The molecule has 1 aliphatic rings. The van der Waals surface area contributed by atoms with Crippen LogP contribution in [0.4, 0.5) is 0 Å². The van der Waals surface area contributed by atoms with E-state index in [1.54, 1.807) is 7.11 Å². The normalized spacial score (nSPS) is 27.7. The van der Waals surface area contributed by atoms with Crippen molar-refractivity contribution in [2.75, 3.05) is 26.9 Å². The van der Waals surface area contributed by atoms with Crippen molar-refractivity contribution in [3.63, 3.8) is 0 Å². The molecule has 0 N–H and O–H groups in total. The quantitative estimate of drug-likeness (QED) is 0.678. The molecule has 2 unspecified atom stereocenters. The van der Waals surface area contributed by atoms with Gasteiger partial charge in [-0.3, -0.25) is 0 Å². The van der Waals surface area contributed by atoms with E-state index in [4.69, 9.17) is 9.47 Å². The molecule has 1 rings (SSSR count). The van der Waals surface area contributed by atoms with Crippen LogP contribution >= 0.6 is 0 Å².